The number of hydrogen-bond acceptors (Lipinski definition) is 3. The minimum atomic E-state index is -1.02. The summed E-state index contributed by atoms with van der Waals surface area (Å²) in [6.07, 6.45) is 1.57. The molecular formula is C12H16N2O4S. The molecule has 3 N–H and O–H groups in total. The van der Waals surface area contributed by atoms with E-state index in [9.17, 15) is 13.8 Å². The molecule has 0 aliphatic rings. The van der Waals surface area contributed by atoms with Gasteiger partial charge in [0.1, 0.15) is 0 Å². The molecule has 0 fully saturated rings. The highest BCUT2D eigenvalue weighted by atomic mass is 32.2. The van der Waals surface area contributed by atoms with E-state index in [0.717, 1.165) is 0 Å². The van der Waals surface area contributed by atoms with Gasteiger partial charge in [-0.1, -0.05) is 0 Å². The lowest BCUT2D eigenvalue weighted by atomic mass is 10.2. The monoisotopic (exact) mass is 284 g/mol. The quantitative estimate of drug-likeness (QED) is 0.758. The van der Waals surface area contributed by atoms with Gasteiger partial charge in [-0.05, 0) is 31.2 Å². The van der Waals surface area contributed by atoms with Gasteiger partial charge in [0.05, 0.1) is 5.56 Å². The van der Waals surface area contributed by atoms with E-state index in [-0.39, 0.29) is 11.6 Å². The van der Waals surface area contributed by atoms with Crippen molar-refractivity contribution in [3.63, 3.8) is 0 Å². The highest BCUT2D eigenvalue weighted by Gasteiger charge is 2.09. The molecule has 0 spiro atoms. The van der Waals surface area contributed by atoms with Gasteiger partial charge in [-0.2, -0.15) is 0 Å². The standard InChI is InChI=1S/C12H16N2O4S/c1-8(7-19(2)18)13-12(17)14-10-5-3-9(4-6-10)11(15)16/h3-6,8H,7H2,1-2H3,(H,15,16)(H2,13,14,17). The lowest BCUT2D eigenvalue weighted by Crippen LogP contribution is -2.39. The maximum absolute atomic E-state index is 11.6. The van der Waals surface area contributed by atoms with Gasteiger partial charge in [-0.15, -0.1) is 0 Å². The minimum absolute atomic E-state index is 0.153. The van der Waals surface area contributed by atoms with Gasteiger partial charge in [0, 0.05) is 34.5 Å². The number of amides is 2. The Balaban J connectivity index is 2.52. The van der Waals surface area contributed by atoms with Gasteiger partial charge >= 0.3 is 12.0 Å². The molecule has 1 aromatic carbocycles. The molecule has 19 heavy (non-hydrogen) atoms. The predicted octanol–water partition coefficient (Wildman–Crippen LogP) is 1.27. The van der Waals surface area contributed by atoms with Crippen molar-refractivity contribution in [2.45, 2.75) is 13.0 Å². The average molecular weight is 284 g/mol. The zero-order valence-corrected chi connectivity index (χ0v) is 11.5. The first-order valence-electron chi connectivity index (χ1n) is 5.59. The summed E-state index contributed by atoms with van der Waals surface area (Å²) in [5, 5.41) is 13.9. The van der Waals surface area contributed by atoms with Crippen LogP contribution in [-0.4, -0.2) is 39.4 Å². The van der Waals surface area contributed by atoms with Crippen molar-refractivity contribution >= 4 is 28.5 Å². The van der Waals surface area contributed by atoms with Gasteiger partial charge in [-0.3, -0.25) is 4.21 Å². The van der Waals surface area contributed by atoms with Crippen LogP contribution < -0.4 is 10.6 Å². The Morgan fingerprint density at radius 3 is 2.37 bits per heavy atom. The number of carboxylic acids is 1. The van der Waals surface area contributed by atoms with E-state index in [1.807, 2.05) is 0 Å². The number of urea groups is 1. The van der Waals surface area contributed by atoms with Gasteiger partial charge in [-0.25, -0.2) is 9.59 Å². The largest absolute Gasteiger partial charge is 0.478 e. The minimum Gasteiger partial charge on any atom is -0.478 e. The van der Waals surface area contributed by atoms with Crippen LogP contribution in [0.2, 0.25) is 0 Å². The molecule has 104 valence electrons. The maximum Gasteiger partial charge on any atom is 0.335 e. The topological polar surface area (TPSA) is 95.5 Å². The third-order valence-electron chi connectivity index (χ3n) is 2.25. The normalized spacial score (nSPS) is 13.4. The number of carbonyl (C=O) groups excluding carboxylic acids is 1. The van der Waals surface area contributed by atoms with Crippen LogP contribution in [0.3, 0.4) is 0 Å². The Morgan fingerprint density at radius 1 is 1.32 bits per heavy atom. The van der Waals surface area contributed by atoms with Gasteiger partial charge in [0.2, 0.25) is 0 Å². The first-order chi connectivity index (χ1) is 8.88. The lowest BCUT2D eigenvalue weighted by molar-refractivity contribution is 0.0697. The van der Waals surface area contributed by atoms with E-state index in [1.54, 1.807) is 13.2 Å². The molecule has 0 heterocycles. The van der Waals surface area contributed by atoms with Gasteiger partial charge < -0.3 is 15.7 Å². The van der Waals surface area contributed by atoms with Crippen LogP contribution in [0.4, 0.5) is 10.5 Å². The second-order valence-electron chi connectivity index (χ2n) is 4.12. The molecule has 0 saturated heterocycles. The fourth-order valence-electron chi connectivity index (χ4n) is 1.48. The highest BCUT2D eigenvalue weighted by Crippen LogP contribution is 2.09. The van der Waals surface area contributed by atoms with Crippen molar-refractivity contribution in [2.75, 3.05) is 17.3 Å². The molecule has 2 unspecified atom stereocenters. The van der Waals surface area contributed by atoms with E-state index in [4.69, 9.17) is 5.11 Å². The fourth-order valence-corrected chi connectivity index (χ4v) is 2.27. The summed E-state index contributed by atoms with van der Waals surface area (Å²) in [7, 11) is -0.975. The van der Waals surface area contributed by atoms with Gasteiger partial charge in [0.25, 0.3) is 0 Å². The summed E-state index contributed by atoms with van der Waals surface area (Å²) >= 11 is 0. The third-order valence-corrected chi connectivity index (χ3v) is 3.22. The van der Waals surface area contributed by atoms with Crippen LogP contribution in [0.25, 0.3) is 0 Å². The molecule has 1 aromatic rings. The van der Waals surface area contributed by atoms with E-state index in [0.29, 0.717) is 11.4 Å². The Morgan fingerprint density at radius 2 is 1.89 bits per heavy atom. The van der Waals surface area contributed by atoms with Crippen LogP contribution in [0.1, 0.15) is 17.3 Å². The van der Waals surface area contributed by atoms with Crippen molar-refractivity contribution in [3.8, 4) is 0 Å². The zero-order valence-electron chi connectivity index (χ0n) is 10.7. The van der Waals surface area contributed by atoms with E-state index >= 15 is 0 Å². The second-order valence-corrected chi connectivity index (χ2v) is 5.60. The summed E-state index contributed by atoms with van der Waals surface area (Å²) in [4.78, 5) is 22.2. The summed E-state index contributed by atoms with van der Waals surface area (Å²) in [5.41, 5.74) is 0.646. The van der Waals surface area contributed by atoms with E-state index < -0.39 is 22.8 Å². The molecule has 7 heteroatoms. The number of hydrogen-bond donors (Lipinski definition) is 3. The van der Waals surface area contributed by atoms with Crippen LogP contribution >= 0.6 is 0 Å². The summed E-state index contributed by atoms with van der Waals surface area (Å²) in [6, 6.07) is 5.20. The Labute approximate surface area is 113 Å². The highest BCUT2D eigenvalue weighted by molar-refractivity contribution is 7.84. The molecule has 0 aromatic heterocycles. The number of rotatable bonds is 5. The first kappa shape index (κ1) is 15.2. The summed E-state index contributed by atoms with van der Waals surface area (Å²) in [6.45, 7) is 1.76. The SMILES string of the molecule is CC(CS(C)=O)NC(=O)Nc1ccc(C(=O)O)cc1. The average Bonchev–Trinajstić information content (AvgIpc) is 2.27. The molecular weight excluding hydrogens is 268 g/mol. The molecule has 2 atom stereocenters. The second kappa shape index (κ2) is 6.89. The fraction of sp³-hybridized carbons (Fsp3) is 0.333. The molecule has 0 radical (unpaired) electrons. The molecule has 0 saturated carbocycles. The molecule has 0 bridgehead atoms. The number of nitrogens with one attached hydrogen (secondary N) is 2. The number of carboxylic acid groups (broad SMARTS) is 1. The Hall–Kier alpha value is -1.89. The van der Waals surface area contributed by atoms with E-state index in [2.05, 4.69) is 10.6 Å². The first-order valence-corrected chi connectivity index (χ1v) is 7.32. The third kappa shape index (κ3) is 5.52. The molecule has 0 aliphatic carbocycles. The number of anilines is 1. The molecule has 2 amide bonds. The van der Waals surface area contributed by atoms with E-state index in [1.165, 1.54) is 24.3 Å². The van der Waals surface area contributed by atoms with Crippen molar-refractivity contribution in [1.82, 2.24) is 5.32 Å². The molecule has 6 nitrogen and oxygen atoms in total. The smallest absolute Gasteiger partial charge is 0.335 e. The number of carbonyl (C=O) groups is 2. The summed E-state index contributed by atoms with van der Waals surface area (Å²) < 4.78 is 11.0. The van der Waals surface area contributed by atoms with Crippen LogP contribution in [0, 0.1) is 0 Å². The van der Waals surface area contributed by atoms with Gasteiger partial charge in [0.15, 0.2) is 0 Å². The van der Waals surface area contributed by atoms with Crippen molar-refractivity contribution < 1.29 is 18.9 Å². The Bertz CT molecular complexity index is 487. The lowest BCUT2D eigenvalue weighted by Gasteiger charge is -2.13. The zero-order chi connectivity index (χ0) is 14.4. The maximum atomic E-state index is 11.6. The van der Waals surface area contributed by atoms with Crippen molar-refractivity contribution in [3.05, 3.63) is 29.8 Å². The number of benzene rings is 1. The predicted molar refractivity (Wildman–Crippen MR) is 74.0 cm³/mol. The summed E-state index contributed by atoms with van der Waals surface area (Å²) in [5.74, 6) is -0.638. The number of aromatic carboxylic acids is 1. The van der Waals surface area contributed by atoms with Crippen molar-refractivity contribution in [2.24, 2.45) is 0 Å². The van der Waals surface area contributed by atoms with Crippen LogP contribution in [0.5, 0.6) is 0 Å². The molecule has 1 rings (SSSR count). The molecule has 0 aliphatic heterocycles. The Kier molecular flexibility index (Phi) is 5.50. The van der Waals surface area contributed by atoms with Crippen LogP contribution in [-0.2, 0) is 10.8 Å². The van der Waals surface area contributed by atoms with Crippen molar-refractivity contribution in [1.29, 1.82) is 0 Å². The van der Waals surface area contributed by atoms with Crippen LogP contribution in [0.15, 0.2) is 24.3 Å².